The summed E-state index contributed by atoms with van der Waals surface area (Å²) in [6.07, 6.45) is 2.85. The van der Waals surface area contributed by atoms with E-state index in [4.69, 9.17) is 13.9 Å². The highest BCUT2D eigenvalue weighted by molar-refractivity contribution is 5.89. The fraction of sp³-hybridized carbons (Fsp3) is 0.0800. The molecule has 0 aliphatic rings. The second kappa shape index (κ2) is 10.6. The lowest BCUT2D eigenvalue weighted by atomic mass is 10.1. The predicted octanol–water partition coefficient (Wildman–Crippen LogP) is 3.97. The van der Waals surface area contributed by atoms with E-state index < -0.39 is 11.5 Å². The highest BCUT2D eigenvalue weighted by Crippen LogP contribution is 2.29. The van der Waals surface area contributed by atoms with Crippen LogP contribution in [0.25, 0.3) is 11.3 Å². The van der Waals surface area contributed by atoms with Gasteiger partial charge in [-0.2, -0.15) is 10.4 Å². The molecule has 0 fully saturated rings. The molecule has 0 aliphatic carbocycles. The van der Waals surface area contributed by atoms with Crippen molar-refractivity contribution in [1.29, 1.82) is 5.26 Å². The highest BCUT2D eigenvalue weighted by atomic mass is 16.6. The van der Waals surface area contributed by atoms with Crippen LogP contribution in [0.2, 0.25) is 0 Å². The van der Waals surface area contributed by atoms with Crippen molar-refractivity contribution in [2.45, 2.75) is 6.92 Å². The summed E-state index contributed by atoms with van der Waals surface area (Å²) in [6, 6.07) is 18.8. The Bertz CT molecular complexity index is 1450. The summed E-state index contributed by atoms with van der Waals surface area (Å²) in [4.78, 5) is 31.4. The Kier molecular flexibility index (Phi) is 6.99. The first-order valence-corrected chi connectivity index (χ1v) is 10.5. The highest BCUT2D eigenvalue weighted by Gasteiger charge is 2.15. The molecular formula is C25H19N5O5. The van der Waals surface area contributed by atoms with Gasteiger partial charge in [-0.1, -0.05) is 30.3 Å². The zero-order valence-electron chi connectivity index (χ0n) is 18.5. The molecule has 0 spiro atoms. The lowest BCUT2D eigenvalue weighted by Gasteiger charge is -2.10. The van der Waals surface area contributed by atoms with Crippen LogP contribution in [0.4, 0.5) is 5.95 Å². The number of nitriles is 1. The van der Waals surface area contributed by atoms with Gasteiger partial charge in [-0.25, -0.2) is 15.2 Å². The standard InChI is InChI=1S/C25H19N5O5/c1-2-33-21-13-16(10-11-19(21)35-24(32)20-9-6-12-34-20)15-27-30-25-28-22(17-7-4-3-5-8-17)18(14-26)23(31)29-25/h3-13,15H,2H2,1H3,(H2,28,29,30,31). The van der Waals surface area contributed by atoms with Crippen molar-refractivity contribution in [1.82, 2.24) is 9.97 Å². The monoisotopic (exact) mass is 469 g/mol. The first-order chi connectivity index (χ1) is 17.1. The zero-order chi connectivity index (χ0) is 24.6. The maximum absolute atomic E-state index is 12.4. The minimum Gasteiger partial charge on any atom is -0.490 e. The van der Waals surface area contributed by atoms with Gasteiger partial charge in [0.25, 0.3) is 5.56 Å². The van der Waals surface area contributed by atoms with E-state index in [1.165, 1.54) is 18.5 Å². The molecule has 0 atom stereocenters. The number of aromatic amines is 1. The normalized spacial score (nSPS) is 10.6. The number of hydrogen-bond donors (Lipinski definition) is 2. The molecule has 2 N–H and O–H groups in total. The van der Waals surface area contributed by atoms with Crippen LogP contribution in [-0.2, 0) is 0 Å². The van der Waals surface area contributed by atoms with Crippen molar-refractivity contribution in [3.63, 3.8) is 0 Å². The van der Waals surface area contributed by atoms with Gasteiger partial charge in [0.05, 0.1) is 24.8 Å². The van der Waals surface area contributed by atoms with Crippen LogP contribution >= 0.6 is 0 Å². The molecule has 174 valence electrons. The molecule has 2 heterocycles. The maximum Gasteiger partial charge on any atom is 0.379 e. The van der Waals surface area contributed by atoms with Crippen molar-refractivity contribution in [2.24, 2.45) is 5.10 Å². The number of nitrogens with zero attached hydrogens (tertiary/aromatic N) is 3. The average molecular weight is 469 g/mol. The quantitative estimate of drug-likeness (QED) is 0.171. The minimum absolute atomic E-state index is 0.0677. The summed E-state index contributed by atoms with van der Waals surface area (Å²) in [7, 11) is 0. The molecule has 0 saturated heterocycles. The maximum atomic E-state index is 12.4. The van der Waals surface area contributed by atoms with Gasteiger partial charge < -0.3 is 13.9 Å². The third-order valence-electron chi connectivity index (χ3n) is 4.66. The lowest BCUT2D eigenvalue weighted by molar-refractivity contribution is 0.0695. The fourth-order valence-electron chi connectivity index (χ4n) is 3.11. The number of furan rings is 1. The lowest BCUT2D eigenvalue weighted by Crippen LogP contribution is -2.16. The molecular weight excluding hydrogens is 450 g/mol. The molecule has 2 aromatic carbocycles. The number of hydrazone groups is 1. The Morgan fingerprint density at radius 1 is 1.20 bits per heavy atom. The van der Waals surface area contributed by atoms with Gasteiger partial charge in [0.15, 0.2) is 11.5 Å². The predicted molar refractivity (Wildman–Crippen MR) is 128 cm³/mol. The third-order valence-corrected chi connectivity index (χ3v) is 4.66. The minimum atomic E-state index is -0.649. The van der Waals surface area contributed by atoms with Crippen LogP contribution in [0.1, 0.15) is 28.6 Å². The van der Waals surface area contributed by atoms with Crippen molar-refractivity contribution < 1.29 is 18.7 Å². The SMILES string of the molecule is CCOc1cc(C=NNc2nc(-c3ccccc3)c(C#N)c(=O)[nH]2)ccc1OC(=O)c1ccco1. The summed E-state index contributed by atoms with van der Waals surface area (Å²) in [6.45, 7) is 2.15. The number of rotatable bonds is 8. The summed E-state index contributed by atoms with van der Waals surface area (Å²) < 4.78 is 16.0. The number of anilines is 1. The van der Waals surface area contributed by atoms with Gasteiger partial charge in [-0.05, 0) is 42.8 Å². The Morgan fingerprint density at radius 3 is 2.74 bits per heavy atom. The van der Waals surface area contributed by atoms with Crippen LogP contribution in [0.3, 0.4) is 0 Å². The van der Waals surface area contributed by atoms with Gasteiger partial charge in [-0.3, -0.25) is 9.78 Å². The third kappa shape index (κ3) is 5.43. The van der Waals surface area contributed by atoms with Gasteiger partial charge in [0.2, 0.25) is 11.7 Å². The summed E-state index contributed by atoms with van der Waals surface area (Å²) >= 11 is 0. The number of carbonyl (C=O) groups excluding carboxylic acids is 1. The molecule has 10 nitrogen and oxygen atoms in total. The fourth-order valence-corrected chi connectivity index (χ4v) is 3.11. The molecule has 10 heteroatoms. The molecule has 0 saturated carbocycles. The average Bonchev–Trinajstić information content (AvgIpc) is 3.41. The van der Waals surface area contributed by atoms with Crippen LogP contribution in [0.15, 0.2) is 81.2 Å². The number of nitrogens with one attached hydrogen (secondary N) is 2. The van der Waals surface area contributed by atoms with E-state index in [1.807, 2.05) is 12.1 Å². The first kappa shape index (κ1) is 23.0. The Hall–Kier alpha value is -5.17. The second-order valence-corrected chi connectivity index (χ2v) is 6.99. The van der Waals surface area contributed by atoms with Crippen molar-refractivity contribution >= 4 is 18.1 Å². The van der Waals surface area contributed by atoms with Gasteiger partial charge in [-0.15, -0.1) is 0 Å². The van der Waals surface area contributed by atoms with Crippen LogP contribution in [-0.4, -0.2) is 28.8 Å². The van der Waals surface area contributed by atoms with Crippen molar-refractivity contribution in [3.05, 3.63) is 94.2 Å². The molecule has 0 aliphatic heterocycles. The summed E-state index contributed by atoms with van der Waals surface area (Å²) in [5.74, 6) is 0.0554. The van der Waals surface area contributed by atoms with Crippen LogP contribution in [0.5, 0.6) is 11.5 Å². The van der Waals surface area contributed by atoms with Crippen LogP contribution in [0, 0.1) is 11.3 Å². The van der Waals surface area contributed by atoms with E-state index in [1.54, 1.807) is 55.5 Å². The number of benzene rings is 2. The van der Waals surface area contributed by atoms with E-state index in [9.17, 15) is 14.9 Å². The first-order valence-electron chi connectivity index (χ1n) is 10.5. The van der Waals surface area contributed by atoms with Crippen molar-refractivity contribution in [2.75, 3.05) is 12.0 Å². The van der Waals surface area contributed by atoms with Gasteiger partial charge in [0, 0.05) is 5.56 Å². The molecule has 0 bridgehead atoms. The molecule has 4 rings (SSSR count). The Balaban J connectivity index is 1.54. The second-order valence-electron chi connectivity index (χ2n) is 6.99. The number of H-pyrrole nitrogens is 1. The molecule has 4 aromatic rings. The molecule has 0 amide bonds. The van der Waals surface area contributed by atoms with E-state index in [-0.39, 0.29) is 28.7 Å². The topological polar surface area (TPSA) is 143 Å². The Morgan fingerprint density at radius 2 is 2.03 bits per heavy atom. The van der Waals surface area contributed by atoms with E-state index >= 15 is 0 Å². The van der Waals surface area contributed by atoms with E-state index in [0.717, 1.165) is 0 Å². The molecule has 0 radical (unpaired) electrons. The Labute approximate surface area is 199 Å². The molecule has 2 aromatic heterocycles. The van der Waals surface area contributed by atoms with Gasteiger partial charge >= 0.3 is 5.97 Å². The summed E-state index contributed by atoms with van der Waals surface area (Å²) in [5.41, 5.74) is 3.49. The van der Waals surface area contributed by atoms with Crippen LogP contribution < -0.4 is 20.5 Å². The van der Waals surface area contributed by atoms with E-state index in [0.29, 0.717) is 23.5 Å². The number of ether oxygens (including phenoxy) is 2. The number of hydrogen-bond acceptors (Lipinski definition) is 9. The zero-order valence-corrected chi connectivity index (χ0v) is 18.5. The largest absolute Gasteiger partial charge is 0.490 e. The van der Waals surface area contributed by atoms with Crippen molar-refractivity contribution in [3.8, 4) is 28.8 Å². The molecule has 0 unspecified atom stereocenters. The number of aromatic nitrogens is 2. The van der Waals surface area contributed by atoms with Gasteiger partial charge in [0.1, 0.15) is 11.6 Å². The summed E-state index contributed by atoms with van der Waals surface area (Å²) in [5, 5.41) is 13.5. The molecule has 35 heavy (non-hydrogen) atoms. The van der Waals surface area contributed by atoms with E-state index in [2.05, 4.69) is 20.5 Å². The number of carbonyl (C=O) groups is 1. The number of esters is 1. The smallest absolute Gasteiger partial charge is 0.379 e.